The normalized spacial score (nSPS) is 18.8. The number of hydrogen-bond acceptors (Lipinski definition) is 5. The van der Waals surface area contributed by atoms with Crippen LogP contribution in [0.2, 0.25) is 0 Å². The Morgan fingerprint density at radius 1 is 1.28 bits per heavy atom. The molecule has 1 saturated heterocycles. The van der Waals surface area contributed by atoms with Gasteiger partial charge in [-0.25, -0.2) is 8.42 Å². The molecule has 0 amide bonds. The van der Waals surface area contributed by atoms with Gasteiger partial charge in [-0.05, 0) is 20.3 Å². The van der Waals surface area contributed by atoms with E-state index in [-0.39, 0.29) is 11.5 Å². The van der Waals surface area contributed by atoms with Crippen molar-refractivity contribution < 1.29 is 17.9 Å². The number of rotatable bonds is 6. The molecule has 0 unspecified atom stereocenters. The molecule has 0 aromatic rings. The van der Waals surface area contributed by atoms with Gasteiger partial charge in [0.15, 0.2) is 5.78 Å². The van der Waals surface area contributed by atoms with Gasteiger partial charge in [-0.2, -0.15) is 0 Å². The third kappa shape index (κ3) is 4.66. The van der Waals surface area contributed by atoms with Crippen molar-refractivity contribution in [3.05, 3.63) is 0 Å². The van der Waals surface area contributed by atoms with Crippen LogP contribution >= 0.6 is 0 Å². The van der Waals surface area contributed by atoms with Crippen molar-refractivity contribution in [1.29, 1.82) is 0 Å². The number of nitrogens with zero attached hydrogens (tertiary/aromatic N) is 1. The lowest BCUT2D eigenvalue weighted by Crippen LogP contribution is -2.54. The molecule has 0 N–H and O–H groups in total. The monoisotopic (exact) mass is 277 g/mol. The fourth-order valence-corrected chi connectivity index (χ4v) is 2.77. The van der Waals surface area contributed by atoms with Crippen molar-refractivity contribution in [3.8, 4) is 0 Å². The van der Waals surface area contributed by atoms with Crippen molar-refractivity contribution in [1.82, 2.24) is 4.90 Å². The summed E-state index contributed by atoms with van der Waals surface area (Å²) in [7, 11) is -2.98. The fraction of sp³-hybridized carbons (Fsp3) is 0.917. The maximum Gasteiger partial charge on any atom is 0.152 e. The van der Waals surface area contributed by atoms with E-state index in [1.54, 1.807) is 0 Å². The quantitative estimate of drug-likeness (QED) is 0.707. The second kappa shape index (κ2) is 6.12. The van der Waals surface area contributed by atoms with Gasteiger partial charge in [-0.1, -0.05) is 0 Å². The number of carbonyl (C=O) groups excluding carboxylic acids is 1. The third-order valence-corrected chi connectivity index (χ3v) is 4.43. The van der Waals surface area contributed by atoms with Crippen LogP contribution in [0.15, 0.2) is 0 Å². The lowest BCUT2D eigenvalue weighted by atomic mass is 9.93. The van der Waals surface area contributed by atoms with Gasteiger partial charge in [-0.15, -0.1) is 0 Å². The summed E-state index contributed by atoms with van der Waals surface area (Å²) in [5, 5.41) is 0. The smallest absolute Gasteiger partial charge is 0.152 e. The predicted molar refractivity (Wildman–Crippen MR) is 70.4 cm³/mol. The standard InChI is InChI=1S/C12H23NO4S/c1-12(2,13-6-8-17-9-7-13)11(14)5-4-10-18(3,15)16/h4-10H2,1-3H3. The first-order valence-electron chi connectivity index (χ1n) is 6.27. The number of carbonyl (C=O) groups is 1. The van der Waals surface area contributed by atoms with E-state index in [1.807, 2.05) is 13.8 Å². The van der Waals surface area contributed by atoms with E-state index in [4.69, 9.17) is 4.74 Å². The Bertz CT molecular complexity index is 383. The van der Waals surface area contributed by atoms with E-state index >= 15 is 0 Å². The molecule has 1 fully saturated rings. The number of ketones is 1. The lowest BCUT2D eigenvalue weighted by Gasteiger charge is -2.39. The summed E-state index contributed by atoms with van der Waals surface area (Å²) in [6.07, 6.45) is 1.92. The van der Waals surface area contributed by atoms with Gasteiger partial charge in [0.25, 0.3) is 0 Å². The second-order valence-corrected chi connectivity index (χ2v) is 7.57. The third-order valence-electron chi connectivity index (χ3n) is 3.40. The minimum absolute atomic E-state index is 0.0813. The van der Waals surface area contributed by atoms with E-state index < -0.39 is 15.4 Å². The SMILES string of the molecule is CC(C)(C(=O)CCCS(C)(=O)=O)N1CCOCC1. The average molecular weight is 277 g/mol. The number of hydrogen-bond donors (Lipinski definition) is 0. The van der Waals surface area contributed by atoms with Crippen LogP contribution in [0.4, 0.5) is 0 Å². The van der Waals surface area contributed by atoms with Gasteiger partial charge >= 0.3 is 0 Å². The molecule has 106 valence electrons. The summed E-state index contributed by atoms with van der Waals surface area (Å²) >= 11 is 0. The first-order chi connectivity index (χ1) is 8.23. The Labute approximate surface area is 109 Å². The van der Waals surface area contributed by atoms with Crippen LogP contribution in [-0.4, -0.2) is 63.0 Å². The van der Waals surface area contributed by atoms with Gasteiger partial charge < -0.3 is 4.74 Å². The highest BCUT2D eigenvalue weighted by molar-refractivity contribution is 7.90. The van der Waals surface area contributed by atoms with Gasteiger partial charge in [0.2, 0.25) is 0 Å². The number of sulfone groups is 1. The molecular formula is C12H23NO4S. The Hall–Kier alpha value is -0.460. The van der Waals surface area contributed by atoms with Gasteiger partial charge in [0.1, 0.15) is 9.84 Å². The van der Waals surface area contributed by atoms with Crippen molar-refractivity contribution in [2.24, 2.45) is 0 Å². The van der Waals surface area contributed by atoms with Crippen molar-refractivity contribution in [2.75, 3.05) is 38.3 Å². The Morgan fingerprint density at radius 3 is 2.33 bits per heavy atom. The molecule has 6 heteroatoms. The molecule has 0 aromatic heterocycles. The minimum atomic E-state index is -2.98. The van der Waals surface area contributed by atoms with E-state index in [9.17, 15) is 13.2 Å². The summed E-state index contributed by atoms with van der Waals surface area (Å²) in [5.74, 6) is 0.186. The molecule has 1 aliphatic rings. The van der Waals surface area contributed by atoms with E-state index in [2.05, 4.69) is 4.90 Å². The molecule has 0 radical (unpaired) electrons. The zero-order valence-electron chi connectivity index (χ0n) is 11.4. The van der Waals surface area contributed by atoms with Crippen LogP contribution in [-0.2, 0) is 19.4 Å². The topological polar surface area (TPSA) is 63.7 Å². The molecule has 0 aliphatic carbocycles. The Kier molecular flexibility index (Phi) is 5.31. The summed E-state index contributed by atoms with van der Waals surface area (Å²) in [6, 6.07) is 0. The van der Waals surface area contributed by atoms with Crippen molar-refractivity contribution >= 4 is 15.6 Å². The zero-order valence-corrected chi connectivity index (χ0v) is 12.3. The van der Waals surface area contributed by atoms with Crippen LogP contribution < -0.4 is 0 Å². The maximum absolute atomic E-state index is 12.2. The van der Waals surface area contributed by atoms with E-state index in [0.717, 1.165) is 13.1 Å². The van der Waals surface area contributed by atoms with Crippen LogP contribution in [0.1, 0.15) is 26.7 Å². The highest BCUT2D eigenvalue weighted by atomic mass is 32.2. The van der Waals surface area contributed by atoms with Crippen LogP contribution in [0.3, 0.4) is 0 Å². The largest absolute Gasteiger partial charge is 0.379 e. The molecular weight excluding hydrogens is 254 g/mol. The summed E-state index contributed by atoms with van der Waals surface area (Å²) in [6.45, 7) is 6.62. The number of Topliss-reactive ketones (excluding diaryl/α,β-unsaturated/α-hetero) is 1. The molecule has 1 aliphatic heterocycles. The Balaban J connectivity index is 2.48. The van der Waals surface area contributed by atoms with Crippen LogP contribution in [0.25, 0.3) is 0 Å². The Morgan fingerprint density at radius 2 is 1.83 bits per heavy atom. The van der Waals surface area contributed by atoms with Gasteiger partial charge in [0.05, 0.1) is 24.5 Å². The van der Waals surface area contributed by atoms with Gasteiger partial charge in [0, 0.05) is 25.8 Å². The molecule has 18 heavy (non-hydrogen) atoms. The zero-order chi connectivity index (χ0) is 13.8. The summed E-state index contributed by atoms with van der Waals surface area (Å²) in [5.41, 5.74) is -0.527. The number of morpholine rings is 1. The minimum Gasteiger partial charge on any atom is -0.379 e. The first-order valence-corrected chi connectivity index (χ1v) is 8.33. The van der Waals surface area contributed by atoms with Crippen molar-refractivity contribution in [3.63, 3.8) is 0 Å². The second-order valence-electron chi connectivity index (χ2n) is 5.32. The van der Waals surface area contributed by atoms with Gasteiger partial charge in [-0.3, -0.25) is 9.69 Å². The summed E-state index contributed by atoms with van der Waals surface area (Å²) in [4.78, 5) is 14.3. The molecule has 1 heterocycles. The molecule has 0 saturated carbocycles. The number of ether oxygens (including phenoxy) is 1. The molecule has 0 atom stereocenters. The fourth-order valence-electron chi connectivity index (χ4n) is 2.10. The van der Waals surface area contributed by atoms with E-state index in [1.165, 1.54) is 6.26 Å². The van der Waals surface area contributed by atoms with Crippen molar-refractivity contribution in [2.45, 2.75) is 32.2 Å². The molecule has 1 rings (SSSR count). The lowest BCUT2D eigenvalue weighted by molar-refractivity contribution is -0.132. The average Bonchev–Trinajstić information content (AvgIpc) is 2.28. The molecule has 0 spiro atoms. The highest BCUT2D eigenvalue weighted by Gasteiger charge is 2.34. The van der Waals surface area contributed by atoms with Crippen LogP contribution in [0.5, 0.6) is 0 Å². The van der Waals surface area contributed by atoms with E-state index in [0.29, 0.717) is 26.1 Å². The first kappa shape index (κ1) is 15.6. The highest BCUT2D eigenvalue weighted by Crippen LogP contribution is 2.19. The predicted octanol–water partition coefficient (Wildman–Crippen LogP) is 0.491. The molecule has 5 nitrogen and oxygen atoms in total. The maximum atomic E-state index is 12.2. The summed E-state index contributed by atoms with van der Waals surface area (Å²) < 4.78 is 27.3. The molecule has 0 bridgehead atoms. The molecule has 0 aromatic carbocycles. The van der Waals surface area contributed by atoms with Crippen LogP contribution in [0, 0.1) is 0 Å².